The molecule has 0 unspecified atom stereocenters. The summed E-state index contributed by atoms with van der Waals surface area (Å²) >= 11 is 0. The second kappa shape index (κ2) is 7.39. The summed E-state index contributed by atoms with van der Waals surface area (Å²) in [5.74, 6) is 0.149. The maximum atomic E-state index is 12.8. The zero-order valence-corrected chi connectivity index (χ0v) is 13.1. The second-order valence-electron chi connectivity index (χ2n) is 5.28. The summed E-state index contributed by atoms with van der Waals surface area (Å²) in [6, 6.07) is 5.90. The molecule has 20 heavy (non-hydrogen) atoms. The number of carbonyl (C=O) groups is 1. The molecule has 0 atom stereocenters. The molecule has 1 aromatic heterocycles. The van der Waals surface area contributed by atoms with E-state index in [1.807, 2.05) is 50.8 Å². The lowest BCUT2D eigenvalue weighted by atomic mass is 9.81. The third-order valence-corrected chi connectivity index (χ3v) is 4.17. The monoisotopic (exact) mass is 277 g/mol. The van der Waals surface area contributed by atoms with Gasteiger partial charge in [0, 0.05) is 18.8 Å². The minimum absolute atomic E-state index is 0.149. The number of aryl methyl sites for hydroxylation is 1. The Kier molecular flexibility index (Phi) is 6.14. The lowest BCUT2D eigenvalue weighted by Gasteiger charge is -2.34. The summed E-state index contributed by atoms with van der Waals surface area (Å²) < 4.78 is 0. The summed E-state index contributed by atoms with van der Waals surface area (Å²) in [5.41, 5.74) is 7.35. The zero-order chi connectivity index (χ0) is 15.2. The lowest BCUT2D eigenvalue weighted by Crippen LogP contribution is -2.47. The van der Waals surface area contributed by atoms with Crippen LogP contribution in [0.5, 0.6) is 0 Å². The Labute approximate surface area is 122 Å². The Morgan fingerprint density at radius 1 is 1.30 bits per heavy atom. The highest BCUT2D eigenvalue weighted by molar-refractivity contribution is 5.82. The Bertz CT molecular complexity index is 433. The van der Waals surface area contributed by atoms with E-state index in [2.05, 4.69) is 4.98 Å². The van der Waals surface area contributed by atoms with Gasteiger partial charge in [0.2, 0.25) is 5.91 Å². The number of hydrogen-bond acceptors (Lipinski definition) is 3. The molecule has 1 heterocycles. The molecule has 0 aromatic carbocycles. The van der Waals surface area contributed by atoms with Gasteiger partial charge < -0.3 is 10.6 Å². The molecule has 0 aliphatic heterocycles. The minimum atomic E-state index is -0.431. The topological polar surface area (TPSA) is 59.2 Å². The van der Waals surface area contributed by atoms with Crippen LogP contribution in [0, 0.1) is 12.3 Å². The Hall–Kier alpha value is -1.42. The molecule has 1 amide bonds. The van der Waals surface area contributed by atoms with Crippen molar-refractivity contribution in [2.24, 2.45) is 11.1 Å². The van der Waals surface area contributed by atoms with E-state index in [0.717, 1.165) is 24.2 Å². The fourth-order valence-corrected chi connectivity index (χ4v) is 2.47. The van der Waals surface area contributed by atoms with Crippen LogP contribution in [0.4, 0.5) is 0 Å². The first kappa shape index (κ1) is 16.6. The van der Waals surface area contributed by atoms with Crippen LogP contribution < -0.4 is 5.73 Å². The van der Waals surface area contributed by atoms with Crippen molar-refractivity contribution >= 4 is 5.91 Å². The Morgan fingerprint density at radius 2 is 1.95 bits per heavy atom. The normalized spacial score (nSPS) is 11.4. The number of amides is 1. The van der Waals surface area contributed by atoms with Gasteiger partial charge in [-0.05, 0) is 38.8 Å². The van der Waals surface area contributed by atoms with Crippen LogP contribution in [0.3, 0.4) is 0 Å². The van der Waals surface area contributed by atoms with Gasteiger partial charge in [-0.25, -0.2) is 0 Å². The molecule has 4 heteroatoms. The average molecular weight is 277 g/mol. The largest absolute Gasteiger partial charge is 0.337 e. The van der Waals surface area contributed by atoms with Gasteiger partial charge >= 0.3 is 0 Å². The molecule has 112 valence electrons. The summed E-state index contributed by atoms with van der Waals surface area (Å²) in [7, 11) is 0. The van der Waals surface area contributed by atoms with E-state index >= 15 is 0 Å². The number of aromatic nitrogens is 1. The second-order valence-corrected chi connectivity index (χ2v) is 5.28. The van der Waals surface area contributed by atoms with Crippen LogP contribution in [0.1, 0.15) is 45.0 Å². The molecule has 0 aliphatic carbocycles. The molecule has 4 nitrogen and oxygen atoms in total. The molecule has 1 rings (SSSR count). The molecule has 0 fully saturated rings. The van der Waals surface area contributed by atoms with E-state index in [1.54, 1.807) is 0 Å². The predicted octanol–water partition coefficient (Wildman–Crippen LogP) is 2.50. The molecular weight excluding hydrogens is 250 g/mol. The Balaban J connectivity index is 2.92. The maximum absolute atomic E-state index is 12.8. The summed E-state index contributed by atoms with van der Waals surface area (Å²) in [4.78, 5) is 19.1. The summed E-state index contributed by atoms with van der Waals surface area (Å²) in [6.45, 7) is 9.66. The van der Waals surface area contributed by atoms with Gasteiger partial charge in [-0.1, -0.05) is 19.9 Å². The first-order valence-corrected chi connectivity index (χ1v) is 7.45. The first-order valence-electron chi connectivity index (χ1n) is 7.45. The van der Waals surface area contributed by atoms with Gasteiger partial charge in [-0.2, -0.15) is 0 Å². The van der Waals surface area contributed by atoms with Crippen molar-refractivity contribution in [3.05, 3.63) is 29.6 Å². The average Bonchev–Trinajstić information content (AvgIpc) is 2.47. The Morgan fingerprint density at radius 3 is 2.40 bits per heavy atom. The quantitative estimate of drug-likeness (QED) is 0.833. The smallest absolute Gasteiger partial charge is 0.230 e. The van der Waals surface area contributed by atoms with E-state index in [-0.39, 0.29) is 5.91 Å². The van der Waals surface area contributed by atoms with Gasteiger partial charge in [0.15, 0.2) is 0 Å². The van der Waals surface area contributed by atoms with Crippen LogP contribution in [0.25, 0.3) is 0 Å². The van der Waals surface area contributed by atoms with Crippen molar-refractivity contribution in [3.8, 4) is 0 Å². The van der Waals surface area contributed by atoms with Gasteiger partial charge in [0.1, 0.15) is 0 Å². The summed E-state index contributed by atoms with van der Waals surface area (Å²) in [5, 5.41) is 0. The van der Waals surface area contributed by atoms with Crippen LogP contribution in [-0.4, -0.2) is 28.9 Å². The summed E-state index contributed by atoms with van der Waals surface area (Å²) in [6.07, 6.45) is 1.55. The van der Waals surface area contributed by atoms with E-state index < -0.39 is 5.41 Å². The number of rotatable bonds is 7. The van der Waals surface area contributed by atoms with Crippen molar-refractivity contribution in [3.63, 3.8) is 0 Å². The van der Waals surface area contributed by atoms with Crippen molar-refractivity contribution in [1.29, 1.82) is 0 Å². The molecule has 0 bridgehead atoms. The SMILES string of the molecule is CCN(Cc1cccc(C)n1)C(=O)C(CC)(CC)CN. The van der Waals surface area contributed by atoms with Crippen LogP contribution >= 0.6 is 0 Å². The van der Waals surface area contributed by atoms with Crippen LogP contribution in [0.2, 0.25) is 0 Å². The van der Waals surface area contributed by atoms with E-state index in [1.165, 1.54) is 0 Å². The van der Waals surface area contributed by atoms with Gasteiger partial charge in [-0.3, -0.25) is 9.78 Å². The zero-order valence-electron chi connectivity index (χ0n) is 13.1. The first-order chi connectivity index (χ1) is 9.52. The minimum Gasteiger partial charge on any atom is -0.337 e. The molecule has 0 saturated carbocycles. The van der Waals surface area contributed by atoms with Gasteiger partial charge in [-0.15, -0.1) is 0 Å². The van der Waals surface area contributed by atoms with Crippen molar-refractivity contribution in [2.45, 2.75) is 47.1 Å². The fourth-order valence-electron chi connectivity index (χ4n) is 2.47. The van der Waals surface area contributed by atoms with Crippen LogP contribution in [-0.2, 0) is 11.3 Å². The highest BCUT2D eigenvalue weighted by atomic mass is 16.2. The van der Waals surface area contributed by atoms with Gasteiger partial charge in [0.05, 0.1) is 17.7 Å². The number of nitrogens with zero attached hydrogens (tertiary/aromatic N) is 2. The fraction of sp³-hybridized carbons (Fsp3) is 0.625. The number of hydrogen-bond donors (Lipinski definition) is 1. The number of nitrogens with two attached hydrogens (primary N) is 1. The van der Waals surface area contributed by atoms with Crippen molar-refractivity contribution in [2.75, 3.05) is 13.1 Å². The third kappa shape index (κ3) is 3.57. The predicted molar refractivity (Wildman–Crippen MR) is 82.1 cm³/mol. The standard InChI is InChI=1S/C16H27N3O/c1-5-16(6-2,12-17)15(20)19(7-3)11-14-10-8-9-13(4)18-14/h8-10H,5-7,11-12,17H2,1-4H3. The van der Waals surface area contributed by atoms with Gasteiger partial charge in [0.25, 0.3) is 0 Å². The van der Waals surface area contributed by atoms with E-state index in [0.29, 0.717) is 19.6 Å². The molecule has 0 radical (unpaired) electrons. The molecule has 0 spiro atoms. The molecule has 2 N–H and O–H groups in total. The number of carbonyl (C=O) groups excluding carboxylic acids is 1. The van der Waals surface area contributed by atoms with E-state index in [4.69, 9.17) is 5.73 Å². The molecule has 0 saturated heterocycles. The third-order valence-electron chi connectivity index (χ3n) is 4.17. The van der Waals surface area contributed by atoms with Crippen LogP contribution in [0.15, 0.2) is 18.2 Å². The highest BCUT2D eigenvalue weighted by Gasteiger charge is 2.36. The van der Waals surface area contributed by atoms with Crippen molar-refractivity contribution in [1.82, 2.24) is 9.88 Å². The molecule has 0 aliphatic rings. The van der Waals surface area contributed by atoms with E-state index in [9.17, 15) is 4.79 Å². The lowest BCUT2D eigenvalue weighted by molar-refractivity contribution is -0.142. The molecule has 1 aromatic rings. The maximum Gasteiger partial charge on any atom is 0.230 e. The highest BCUT2D eigenvalue weighted by Crippen LogP contribution is 2.28. The number of pyridine rings is 1. The molecular formula is C16H27N3O. The van der Waals surface area contributed by atoms with Crippen molar-refractivity contribution < 1.29 is 4.79 Å².